The van der Waals surface area contributed by atoms with Gasteiger partial charge in [0, 0.05) is 31.8 Å². The molecule has 2 N–H and O–H groups in total. The summed E-state index contributed by atoms with van der Waals surface area (Å²) < 4.78 is 13.7. The van der Waals surface area contributed by atoms with Crippen molar-refractivity contribution in [2.24, 2.45) is 5.92 Å². The van der Waals surface area contributed by atoms with Crippen molar-refractivity contribution in [2.45, 2.75) is 43.9 Å². The minimum Gasteiger partial charge on any atom is -0.366 e. The number of aliphatic hydroxyl groups is 2. The Morgan fingerprint density at radius 1 is 1.23 bits per heavy atom. The van der Waals surface area contributed by atoms with Crippen LogP contribution in [0.25, 0.3) is 0 Å². The van der Waals surface area contributed by atoms with Crippen molar-refractivity contribution in [3.8, 4) is 0 Å². The van der Waals surface area contributed by atoms with Crippen molar-refractivity contribution >= 4 is 11.8 Å². The first-order chi connectivity index (χ1) is 12.3. The maximum atomic E-state index is 13.7. The number of amides is 2. The molecule has 4 rings (SSSR count). The summed E-state index contributed by atoms with van der Waals surface area (Å²) >= 11 is 0. The van der Waals surface area contributed by atoms with Crippen molar-refractivity contribution in [3.63, 3.8) is 0 Å². The van der Waals surface area contributed by atoms with Crippen LogP contribution in [0.2, 0.25) is 0 Å². The Balaban J connectivity index is 1.54. The molecule has 7 heteroatoms. The molecule has 0 spiro atoms. The first kappa shape index (κ1) is 17.4. The average molecular weight is 362 g/mol. The van der Waals surface area contributed by atoms with Crippen LogP contribution in [0.15, 0.2) is 18.2 Å². The zero-order chi connectivity index (χ0) is 18.5. The normalized spacial score (nSPS) is 25.7. The number of carbonyl (C=O) groups excluding carboxylic acids is 2. The van der Waals surface area contributed by atoms with Gasteiger partial charge in [0.15, 0.2) is 5.79 Å². The lowest BCUT2D eigenvalue weighted by molar-refractivity contribution is -0.189. The lowest BCUT2D eigenvalue weighted by Gasteiger charge is -2.45. The number of hydrogen-bond acceptors (Lipinski definition) is 4. The standard InChI is InChI=1S/C19H23FN2O4/c20-14-2-1-12-5-8-22-16(15(12)9-14)10-21(11-17(22)23)18(24)13-3-6-19(25,26)7-4-13/h1-2,9,13,16,25-26H,3-8,10-11H2. The van der Waals surface area contributed by atoms with Gasteiger partial charge in [0.25, 0.3) is 0 Å². The maximum Gasteiger partial charge on any atom is 0.242 e. The molecule has 140 valence electrons. The van der Waals surface area contributed by atoms with Gasteiger partial charge in [0.1, 0.15) is 5.82 Å². The molecule has 0 aromatic heterocycles. The molecule has 2 heterocycles. The predicted molar refractivity (Wildman–Crippen MR) is 90.3 cm³/mol. The summed E-state index contributed by atoms with van der Waals surface area (Å²) in [6.07, 6.45) is 1.82. The van der Waals surface area contributed by atoms with Crippen molar-refractivity contribution < 1.29 is 24.2 Å². The fourth-order valence-corrected chi connectivity index (χ4v) is 4.44. The van der Waals surface area contributed by atoms with E-state index in [0.717, 1.165) is 11.1 Å². The lowest BCUT2D eigenvalue weighted by Crippen LogP contribution is -2.57. The third kappa shape index (κ3) is 3.10. The van der Waals surface area contributed by atoms with Gasteiger partial charge in [-0.3, -0.25) is 9.59 Å². The summed E-state index contributed by atoms with van der Waals surface area (Å²) in [5.74, 6) is -2.55. The molecule has 1 aromatic carbocycles. The maximum absolute atomic E-state index is 13.7. The van der Waals surface area contributed by atoms with Crippen LogP contribution in [0.3, 0.4) is 0 Å². The van der Waals surface area contributed by atoms with E-state index in [-0.39, 0.29) is 49.0 Å². The SMILES string of the molecule is O=C(C1CCC(O)(O)CC1)N1CC(=O)N2CCc3ccc(F)cc3C2C1. The molecule has 2 aliphatic heterocycles. The van der Waals surface area contributed by atoms with Crippen LogP contribution in [0, 0.1) is 11.7 Å². The summed E-state index contributed by atoms with van der Waals surface area (Å²) in [6, 6.07) is 4.36. The average Bonchev–Trinajstić information content (AvgIpc) is 2.61. The molecule has 0 bridgehead atoms. The Morgan fingerprint density at radius 3 is 2.69 bits per heavy atom. The minimum absolute atomic E-state index is 0.0415. The number of halogens is 1. The van der Waals surface area contributed by atoms with E-state index in [1.807, 2.05) is 0 Å². The minimum atomic E-state index is -1.69. The molecule has 1 saturated carbocycles. The van der Waals surface area contributed by atoms with Gasteiger partial charge < -0.3 is 20.0 Å². The number of fused-ring (bicyclic) bond motifs is 3. The smallest absolute Gasteiger partial charge is 0.242 e. The van der Waals surface area contributed by atoms with Crippen LogP contribution in [-0.2, 0) is 16.0 Å². The number of benzene rings is 1. The van der Waals surface area contributed by atoms with E-state index in [9.17, 15) is 24.2 Å². The highest BCUT2D eigenvalue weighted by atomic mass is 19.1. The first-order valence-electron chi connectivity index (χ1n) is 9.15. The van der Waals surface area contributed by atoms with Gasteiger partial charge in [0.2, 0.25) is 11.8 Å². The number of rotatable bonds is 1. The third-order valence-electron chi connectivity index (χ3n) is 5.95. The Morgan fingerprint density at radius 2 is 1.96 bits per heavy atom. The second-order valence-electron chi connectivity index (χ2n) is 7.67. The van der Waals surface area contributed by atoms with Crippen LogP contribution in [-0.4, -0.2) is 57.2 Å². The first-order valence-corrected chi connectivity index (χ1v) is 9.15. The molecule has 1 atom stereocenters. The fourth-order valence-electron chi connectivity index (χ4n) is 4.44. The van der Waals surface area contributed by atoms with E-state index in [4.69, 9.17) is 0 Å². The molecule has 1 aromatic rings. The van der Waals surface area contributed by atoms with Crippen molar-refractivity contribution in [1.82, 2.24) is 9.80 Å². The predicted octanol–water partition coefficient (Wildman–Crippen LogP) is 0.965. The summed E-state index contributed by atoms with van der Waals surface area (Å²) in [6.45, 7) is 0.992. The molecule has 2 amide bonds. The monoisotopic (exact) mass is 362 g/mol. The Kier molecular flexibility index (Phi) is 4.23. The molecular formula is C19H23FN2O4. The number of nitrogens with zero attached hydrogens (tertiary/aromatic N) is 2. The zero-order valence-corrected chi connectivity index (χ0v) is 14.5. The second-order valence-corrected chi connectivity index (χ2v) is 7.67. The highest BCUT2D eigenvalue weighted by Gasteiger charge is 2.42. The summed E-state index contributed by atoms with van der Waals surface area (Å²) in [5, 5.41) is 19.3. The van der Waals surface area contributed by atoms with Gasteiger partial charge in [-0.25, -0.2) is 4.39 Å². The largest absolute Gasteiger partial charge is 0.366 e. The molecule has 6 nitrogen and oxygen atoms in total. The summed E-state index contributed by atoms with van der Waals surface area (Å²) in [4.78, 5) is 28.8. The molecule has 1 saturated heterocycles. The van der Waals surface area contributed by atoms with Gasteiger partial charge in [-0.15, -0.1) is 0 Å². The molecule has 2 fully saturated rings. The van der Waals surface area contributed by atoms with E-state index in [1.54, 1.807) is 15.9 Å². The zero-order valence-electron chi connectivity index (χ0n) is 14.5. The highest BCUT2D eigenvalue weighted by molar-refractivity contribution is 5.87. The number of piperazine rings is 1. The van der Waals surface area contributed by atoms with E-state index in [1.165, 1.54) is 12.1 Å². The molecule has 0 radical (unpaired) electrons. The number of hydrogen-bond donors (Lipinski definition) is 2. The van der Waals surface area contributed by atoms with Crippen LogP contribution < -0.4 is 0 Å². The van der Waals surface area contributed by atoms with Crippen LogP contribution >= 0.6 is 0 Å². The van der Waals surface area contributed by atoms with Crippen molar-refractivity contribution in [1.29, 1.82) is 0 Å². The van der Waals surface area contributed by atoms with Gasteiger partial charge in [-0.2, -0.15) is 0 Å². The van der Waals surface area contributed by atoms with E-state index in [0.29, 0.717) is 32.4 Å². The van der Waals surface area contributed by atoms with E-state index < -0.39 is 5.79 Å². The summed E-state index contributed by atoms with van der Waals surface area (Å²) in [5.41, 5.74) is 1.81. The highest BCUT2D eigenvalue weighted by Crippen LogP contribution is 2.36. The molecule has 1 unspecified atom stereocenters. The van der Waals surface area contributed by atoms with E-state index >= 15 is 0 Å². The Hall–Kier alpha value is -1.99. The molecule has 26 heavy (non-hydrogen) atoms. The Labute approximate surface area is 151 Å². The molecule has 1 aliphatic carbocycles. The topological polar surface area (TPSA) is 81.1 Å². The third-order valence-corrected chi connectivity index (χ3v) is 5.95. The van der Waals surface area contributed by atoms with Crippen LogP contribution in [0.5, 0.6) is 0 Å². The number of carbonyl (C=O) groups is 2. The van der Waals surface area contributed by atoms with Crippen molar-refractivity contribution in [3.05, 3.63) is 35.1 Å². The van der Waals surface area contributed by atoms with Gasteiger partial charge in [-0.1, -0.05) is 6.07 Å². The Bertz CT molecular complexity index is 741. The van der Waals surface area contributed by atoms with Gasteiger partial charge >= 0.3 is 0 Å². The summed E-state index contributed by atoms with van der Waals surface area (Å²) in [7, 11) is 0. The second kappa shape index (κ2) is 6.32. The van der Waals surface area contributed by atoms with Crippen LogP contribution in [0.1, 0.15) is 42.9 Å². The van der Waals surface area contributed by atoms with E-state index in [2.05, 4.69) is 0 Å². The quantitative estimate of drug-likeness (QED) is 0.730. The fraction of sp³-hybridized carbons (Fsp3) is 0.579. The molecular weight excluding hydrogens is 339 g/mol. The van der Waals surface area contributed by atoms with Crippen LogP contribution in [0.4, 0.5) is 4.39 Å². The lowest BCUT2D eigenvalue weighted by atomic mass is 9.84. The molecule has 3 aliphatic rings. The van der Waals surface area contributed by atoms with Crippen molar-refractivity contribution in [2.75, 3.05) is 19.6 Å². The van der Waals surface area contributed by atoms with Gasteiger partial charge in [-0.05, 0) is 42.5 Å². The van der Waals surface area contributed by atoms with Gasteiger partial charge in [0.05, 0.1) is 12.6 Å².